The lowest BCUT2D eigenvalue weighted by atomic mass is 9.96. The van der Waals surface area contributed by atoms with Crippen molar-refractivity contribution in [2.75, 3.05) is 13.1 Å². The van der Waals surface area contributed by atoms with E-state index in [1.54, 1.807) is 0 Å². The van der Waals surface area contributed by atoms with Gasteiger partial charge in [-0.05, 0) is 55.9 Å². The van der Waals surface area contributed by atoms with E-state index in [4.69, 9.17) is 0 Å². The topological polar surface area (TPSA) is 66.5 Å². The van der Waals surface area contributed by atoms with E-state index in [0.717, 1.165) is 12.8 Å². The first-order valence-electron chi connectivity index (χ1n) is 10.4. The molecule has 162 valence electrons. The average Bonchev–Trinajstić information content (AvgIpc) is 2.74. The van der Waals surface area contributed by atoms with Crippen molar-refractivity contribution in [1.82, 2.24) is 9.62 Å². The quantitative estimate of drug-likeness (QED) is 0.694. The lowest BCUT2D eigenvalue weighted by Gasteiger charge is -2.31. The maximum atomic E-state index is 13.0. The van der Waals surface area contributed by atoms with Gasteiger partial charge in [-0.2, -0.15) is 0 Å². The van der Waals surface area contributed by atoms with E-state index in [1.807, 2.05) is 25.1 Å². The monoisotopic (exact) mass is 432 g/mol. The Morgan fingerprint density at radius 2 is 1.70 bits per heavy atom. The molecule has 0 saturated carbocycles. The number of piperidine rings is 1. The smallest absolute Gasteiger partial charge is 0.223 e. The summed E-state index contributed by atoms with van der Waals surface area (Å²) in [5.74, 6) is -0.700. The number of carbonyl (C=O) groups is 1. The number of carbonyl (C=O) groups excluding carboxylic acids is 1. The number of hydrogen-bond acceptors (Lipinski definition) is 3. The van der Waals surface area contributed by atoms with Crippen molar-refractivity contribution in [1.29, 1.82) is 0 Å². The minimum absolute atomic E-state index is 0.00569. The second-order valence-electron chi connectivity index (χ2n) is 7.99. The van der Waals surface area contributed by atoms with E-state index in [9.17, 15) is 17.6 Å². The summed E-state index contributed by atoms with van der Waals surface area (Å²) < 4.78 is 39.8. The number of nitrogens with one attached hydrogen (secondary N) is 1. The van der Waals surface area contributed by atoms with Gasteiger partial charge >= 0.3 is 0 Å². The highest BCUT2D eigenvalue weighted by Crippen LogP contribution is 2.22. The maximum Gasteiger partial charge on any atom is 0.223 e. The number of benzene rings is 2. The highest BCUT2D eigenvalue weighted by molar-refractivity contribution is 7.88. The summed E-state index contributed by atoms with van der Waals surface area (Å²) in [5, 5.41) is 3.08. The molecule has 3 rings (SSSR count). The summed E-state index contributed by atoms with van der Waals surface area (Å²) in [7, 11) is -3.48. The second kappa shape index (κ2) is 10.2. The number of sulfonamides is 1. The fraction of sp³-hybridized carbons (Fsp3) is 0.435. The molecule has 2 aromatic carbocycles. The van der Waals surface area contributed by atoms with Crippen LogP contribution in [0.15, 0.2) is 54.6 Å². The summed E-state index contributed by atoms with van der Waals surface area (Å²) in [5.41, 5.74) is 1.81. The van der Waals surface area contributed by atoms with Crippen molar-refractivity contribution in [3.63, 3.8) is 0 Å². The summed E-state index contributed by atoms with van der Waals surface area (Å²) >= 11 is 0. The van der Waals surface area contributed by atoms with Crippen molar-refractivity contribution in [3.05, 3.63) is 71.5 Å². The van der Waals surface area contributed by atoms with Crippen molar-refractivity contribution < 1.29 is 17.6 Å². The Morgan fingerprint density at radius 1 is 1.07 bits per heavy atom. The van der Waals surface area contributed by atoms with Gasteiger partial charge in [0.25, 0.3) is 0 Å². The van der Waals surface area contributed by atoms with Crippen molar-refractivity contribution >= 4 is 15.9 Å². The molecule has 0 spiro atoms. The molecule has 5 nitrogen and oxygen atoms in total. The van der Waals surface area contributed by atoms with Crippen LogP contribution in [0, 0.1) is 11.7 Å². The van der Waals surface area contributed by atoms with E-state index in [2.05, 4.69) is 17.4 Å². The lowest BCUT2D eigenvalue weighted by Crippen LogP contribution is -2.45. The predicted octanol–water partition coefficient (Wildman–Crippen LogP) is 3.51. The van der Waals surface area contributed by atoms with Gasteiger partial charge in [0.05, 0.1) is 5.75 Å². The Balaban J connectivity index is 1.44. The van der Waals surface area contributed by atoms with Crippen LogP contribution in [0.1, 0.15) is 37.3 Å². The second-order valence-corrected chi connectivity index (χ2v) is 9.96. The van der Waals surface area contributed by atoms with Crippen LogP contribution < -0.4 is 5.32 Å². The molecule has 1 aliphatic heterocycles. The zero-order valence-corrected chi connectivity index (χ0v) is 18.1. The van der Waals surface area contributed by atoms with Gasteiger partial charge < -0.3 is 5.32 Å². The molecule has 1 aliphatic rings. The third-order valence-electron chi connectivity index (χ3n) is 5.58. The Kier molecular flexibility index (Phi) is 7.61. The lowest BCUT2D eigenvalue weighted by molar-refractivity contribution is -0.126. The van der Waals surface area contributed by atoms with Crippen LogP contribution in [0.4, 0.5) is 4.39 Å². The van der Waals surface area contributed by atoms with Crippen LogP contribution in [0.3, 0.4) is 0 Å². The highest BCUT2D eigenvalue weighted by atomic mass is 32.2. The van der Waals surface area contributed by atoms with Crippen molar-refractivity contribution in [2.24, 2.45) is 5.92 Å². The predicted molar refractivity (Wildman–Crippen MR) is 116 cm³/mol. The standard InChI is InChI=1S/C23H29FN2O3S/c1-18(7-8-19-5-3-2-4-6-19)25-23(27)21-13-15-26(16-14-21)30(28,29)17-20-9-11-22(24)12-10-20/h2-6,9-12,18,21H,7-8,13-17H2,1H3,(H,25,27)/t18-/m1/s1. The van der Waals surface area contributed by atoms with Gasteiger partial charge in [-0.15, -0.1) is 0 Å². The molecule has 0 aromatic heterocycles. The number of halogens is 1. The first kappa shape index (κ1) is 22.4. The normalized spacial score (nSPS) is 16.9. The van der Waals surface area contributed by atoms with Gasteiger partial charge in [-0.1, -0.05) is 42.5 Å². The molecule has 1 saturated heterocycles. The maximum absolute atomic E-state index is 13.0. The van der Waals surface area contributed by atoms with Gasteiger partial charge in [0.2, 0.25) is 15.9 Å². The summed E-state index contributed by atoms with van der Waals surface area (Å²) in [6.07, 6.45) is 2.79. The Hall–Kier alpha value is -2.25. The van der Waals surface area contributed by atoms with Gasteiger partial charge in [-0.3, -0.25) is 4.79 Å². The van der Waals surface area contributed by atoms with E-state index in [-0.39, 0.29) is 29.4 Å². The fourth-order valence-electron chi connectivity index (χ4n) is 3.74. The molecule has 0 bridgehead atoms. The molecule has 1 amide bonds. The van der Waals surface area contributed by atoms with Crippen LogP contribution in [-0.2, 0) is 27.0 Å². The van der Waals surface area contributed by atoms with Crippen molar-refractivity contribution in [2.45, 2.75) is 44.4 Å². The van der Waals surface area contributed by atoms with Crippen LogP contribution in [0.2, 0.25) is 0 Å². The first-order chi connectivity index (χ1) is 14.3. The van der Waals surface area contributed by atoms with E-state index in [1.165, 1.54) is 34.1 Å². The molecule has 1 fully saturated rings. The molecule has 7 heteroatoms. The van der Waals surface area contributed by atoms with Gasteiger partial charge in [-0.25, -0.2) is 17.1 Å². The molecule has 30 heavy (non-hydrogen) atoms. The fourth-order valence-corrected chi connectivity index (χ4v) is 5.30. The Morgan fingerprint density at radius 3 is 2.33 bits per heavy atom. The largest absolute Gasteiger partial charge is 0.353 e. The van der Waals surface area contributed by atoms with Crippen LogP contribution in [-0.4, -0.2) is 37.8 Å². The highest BCUT2D eigenvalue weighted by Gasteiger charge is 2.31. The van der Waals surface area contributed by atoms with Crippen molar-refractivity contribution in [3.8, 4) is 0 Å². The van der Waals surface area contributed by atoms with Crippen LogP contribution >= 0.6 is 0 Å². The van der Waals surface area contributed by atoms with E-state index >= 15 is 0 Å². The number of rotatable bonds is 8. The molecule has 0 unspecified atom stereocenters. The molecule has 1 heterocycles. The van der Waals surface area contributed by atoms with Crippen LogP contribution in [0.5, 0.6) is 0 Å². The Bertz CT molecular complexity index is 925. The molecule has 1 N–H and O–H groups in total. The number of hydrogen-bond donors (Lipinski definition) is 1. The molecule has 1 atom stereocenters. The SMILES string of the molecule is C[C@H](CCc1ccccc1)NC(=O)C1CCN(S(=O)(=O)Cc2ccc(F)cc2)CC1. The minimum atomic E-state index is -3.48. The van der Waals surface area contributed by atoms with Gasteiger partial charge in [0.15, 0.2) is 0 Å². The molecular formula is C23H29FN2O3S. The number of amides is 1. The average molecular weight is 433 g/mol. The summed E-state index contributed by atoms with van der Waals surface area (Å²) in [6.45, 7) is 2.67. The first-order valence-corrected chi connectivity index (χ1v) is 12.0. The summed E-state index contributed by atoms with van der Waals surface area (Å²) in [4.78, 5) is 12.6. The van der Waals surface area contributed by atoms with Crippen LogP contribution in [0.25, 0.3) is 0 Å². The minimum Gasteiger partial charge on any atom is -0.353 e. The Labute approximate surface area is 178 Å². The van der Waals surface area contributed by atoms with Gasteiger partial charge in [0, 0.05) is 25.0 Å². The summed E-state index contributed by atoms with van der Waals surface area (Å²) in [6, 6.07) is 15.7. The molecular weight excluding hydrogens is 403 g/mol. The third-order valence-corrected chi connectivity index (χ3v) is 7.43. The zero-order chi connectivity index (χ0) is 21.6. The van der Waals surface area contributed by atoms with E-state index < -0.39 is 10.0 Å². The zero-order valence-electron chi connectivity index (χ0n) is 17.3. The number of nitrogens with zero attached hydrogens (tertiary/aromatic N) is 1. The molecule has 2 aromatic rings. The molecule has 0 radical (unpaired) electrons. The molecule has 0 aliphatic carbocycles. The van der Waals surface area contributed by atoms with E-state index in [0.29, 0.717) is 31.5 Å². The van der Waals surface area contributed by atoms with Gasteiger partial charge in [0.1, 0.15) is 5.82 Å². The number of aryl methyl sites for hydroxylation is 1. The third kappa shape index (κ3) is 6.37.